The highest BCUT2D eigenvalue weighted by Gasteiger charge is 2.17. The molecule has 1 fully saturated rings. The number of benzene rings is 1. The molecule has 1 heterocycles. The Hall–Kier alpha value is -0.640. The zero-order valence-electron chi connectivity index (χ0n) is 9.00. The molecule has 0 atom stereocenters. The lowest BCUT2D eigenvalue weighted by atomic mass is 10.1. The van der Waals surface area contributed by atoms with Crippen molar-refractivity contribution in [1.29, 1.82) is 0 Å². The maximum absolute atomic E-state index is 13.0. The van der Waals surface area contributed by atoms with Gasteiger partial charge in [-0.2, -0.15) is 0 Å². The van der Waals surface area contributed by atoms with Gasteiger partial charge in [0.15, 0.2) is 0 Å². The summed E-state index contributed by atoms with van der Waals surface area (Å²) in [6, 6.07) is 4.43. The first-order chi connectivity index (χ1) is 7.65. The molecule has 1 N–H and O–H groups in total. The predicted molar refractivity (Wildman–Crippen MR) is 61.9 cm³/mol. The molecule has 16 heavy (non-hydrogen) atoms. The molecule has 4 heteroatoms. The van der Waals surface area contributed by atoms with Crippen LogP contribution >= 0.6 is 11.6 Å². The van der Waals surface area contributed by atoms with Crippen LogP contribution in [-0.2, 0) is 6.54 Å². The third-order valence-electron chi connectivity index (χ3n) is 2.96. The van der Waals surface area contributed by atoms with Crippen molar-refractivity contribution in [2.45, 2.75) is 25.5 Å². The Morgan fingerprint density at radius 1 is 1.38 bits per heavy atom. The van der Waals surface area contributed by atoms with Crippen molar-refractivity contribution in [3.63, 3.8) is 0 Å². The van der Waals surface area contributed by atoms with E-state index in [9.17, 15) is 9.50 Å². The van der Waals surface area contributed by atoms with Gasteiger partial charge in [0, 0.05) is 24.7 Å². The van der Waals surface area contributed by atoms with Gasteiger partial charge in [0.25, 0.3) is 0 Å². The largest absolute Gasteiger partial charge is 0.393 e. The molecule has 1 aromatic carbocycles. The van der Waals surface area contributed by atoms with Crippen LogP contribution in [0.2, 0.25) is 5.02 Å². The van der Waals surface area contributed by atoms with Crippen molar-refractivity contribution in [2.75, 3.05) is 13.1 Å². The number of rotatable bonds is 2. The number of aliphatic hydroxyl groups is 1. The topological polar surface area (TPSA) is 23.5 Å². The smallest absolute Gasteiger partial charge is 0.123 e. The van der Waals surface area contributed by atoms with Crippen LogP contribution in [0.1, 0.15) is 18.4 Å². The monoisotopic (exact) mass is 243 g/mol. The molecule has 0 saturated carbocycles. The van der Waals surface area contributed by atoms with Crippen molar-refractivity contribution < 1.29 is 9.50 Å². The van der Waals surface area contributed by atoms with Gasteiger partial charge < -0.3 is 5.11 Å². The van der Waals surface area contributed by atoms with Crippen molar-refractivity contribution in [3.8, 4) is 0 Å². The summed E-state index contributed by atoms with van der Waals surface area (Å²) in [5.74, 6) is -0.253. The molecule has 0 aromatic heterocycles. The highest BCUT2D eigenvalue weighted by atomic mass is 35.5. The van der Waals surface area contributed by atoms with Crippen LogP contribution in [0, 0.1) is 5.82 Å². The summed E-state index contributed by atoms with van der Waals surface area (Å²) in [7, 11) is 0. The van der Waals surface area contributed by atoms with E-state index in [-0.39, 0.29) is 11.9 Å². The third-order valence-corrected chi connectivity index (χ3v) is 3.33. The normalized spacial score (nSPS) is 18.9. The highest BCUT2D eigenvalue weighted by molar-refractivity contribution is 6.31. The Balaban J connectivity index is 2.00. The number of hydrogen-bond acceptors (Lipinski definition) is 2. The second-order valence-corrected chi connectivity index (χ2v) is 4.65. The van der Waals surface area contributed by atoms with E-state index in [4.69, 9.17) is 11.6 Å². The van der Waals surface area contributed by atoms with Gasteiger partial charge in [-0.25, -0.2) is 4.39 Å². The molecule has 1 saturated heterocycles. The zero-order chi connectivity index (χ0) is 11.5. The molecule has 2 rings (SSSR count). The fourth-order valence-corrected chi connectivity index (χ4v) is 2.16. The third kappa shape index (κ3) is 2.94. The van der Waals surface area contributed by atoms with Crippen LogP contribution in [-0.4, -0.2) is 29.2 Å². The standard InChI is InChI=1S/C12H15ClFNO/c13-12-2-1-10(14)7-9(12)8-15-5-3-11(16)4-6-15/h1-2,7,11,16H,3-6,8H2. The zero-order valence-corrected chi connectivity index (χ0v) is 9.75. The van der Waals surface area contributed by atoms with Gasteiger partial charge >= 0.3 is 0 Å². The SMILES string of the molecule is OC1CCN(Cc2cc(F)ccc2Cl)CC1. The Morgan fingerprint density at radius 3 is 2.75 bits per heavy atom. The Kier molecular flexibility index (Phi) is 3.79. The fourth-order valence-electron chi connectivity index (χ4n) is 1.98. The summed E-state index contributed by atoms with van der Waals surface area (Å²) < 4.78 is 13.0. The molecular formula is C12H15ClFNO. The van der Waals surface area contributed by atoms with E-state index in [1.807, 2.05) is 0 Å². The molecule has 1 aliphatic heterocycles. The van der Waals surface area contributed by atoms with Crippen LogP contribution < -0.4 is 0 Å². The lowest BCUT2D eigenvalue weighted by molar-refractivity contribution is 0.0792. The summed E-state index contributed by atoms with van der Waals surface area (Å²) in [6.07, 6.45) is 1.39. The molecule has 1 aliphatic rings. The predicted octanol–water partition coefficient (Wildman–Crippen LogP) is 2.44. The minimum Gasteiger partial charge on any atom is -0.393 e. The second-order valence-electron chi connectivity index (χ2n) is 4.24. The van der Waals surface area contributed by atoms with Crippen molar-refractivity contribution >= 4 is 11.6 Å². The molecular weight excluding hydrogens is 229 g/mol. The average molecular weight is 244 g/mol. The number of likely N-dealkylation sites (tertiary alicyclic amines) is 1. The van der Waals surface area contributed by atoms with Gasteiger partial charge in [-0.05, 0) is 36.6 Å². The minimum absolute atomic E-state index is 0.181. The number of aliphatic hydroxyl groups excluding tert-OH is 1. The van der Waals surface area contributed by atoms with E-state index in [0.29, 0.717) is 11.6 Å². The number of halogens is 2. The van der Waals surface area contributed by atoms with Gasteiger partial charge in [0.1, 0.15) is 5.82 Å². The van der Waals surface area contributed by atoms with Crippen LogP contribution in [0.15, 0.2) is 18.2 Å². The van der Waals surface area contributed by atoms with Gasteiger partial charge in [0.05, 0.1) is 6.10 Å². The molecule has 88 valence electrons. The fraction of sp³-hybridized carbons (Fsp3) is 0.500. The maximum Gasteiger partial charge on any atom is 0.123 e. The van der Waals surface area contributed by atoms with E-state index < -0.39 is 0 Å². The molecule has 1 aromatic rings. The summed E-state index contributed by atoms with van der Waals surface area (Å²) in [5.41, 5.74) is 0.818. The Labute approximate surface area is 99.6 Å². The van der Waals surface area contributed by atoms with Crippen molar-refractivity contribution in [2.24, 2.45) is 0 Å². The summed E-state index contributed by atoms with van der Waals surface area (Å²) in [5, 5.41) is 9.98. The molecule has 0 spiro atoms. The molecule has 0 bridgehead atoms. The first kappa shape index (κ1) is 11.8. The molecule has 0 amide bonds. The second kappa shape index (κ2) is 5.13. The van der Waals surface area contributed by atoms with E-state index in [1.165, 1.54) is 12.1 Å². The van der Waals surface area contributed by atoms with Crippen LogP contribution in [0.5, 0.6) is 0 Å². The van der Waals surface area contributed by atoms with E-state index in [1.54, 1.807) is 6.07 Å². The quantitative estimate of drug-likeness (QED) is 0.863. The first-order valence-electron chi connectivity index (χ1n) is 5.49. The average Bonchev–Trinajstić information content (AvgIpc) is 2.27. The van der Waals surface area contributed by atoms with Crippen LogP contribution in [0.4, 0.5) is 4.39 Å². The van der Waals surface area contributed by atoms with Crippen molar-refractivity contribution in [3.05, 3.63) is 34.6 Å². The lowest BCUT2D eigenvalue weighted by Crippen LogP contribution is -2.35. The van der Waals surface area contributed by atoms with Gasteiger partial charge in [-0.15, -0.1) is 0 Å². The Morgan fingerprint density at radius 2 is 2.06 bits per heavy atom. The minimum atomic E-state index is -0.253. The van der Waals surface area contributed by atoms with Gasteiger partial charge in [-0.3, -0.25) is 4.90 Å². The molecule has 2 nitrogen and oxygen atoms in total. The molecule has 0 radical (unpaired) electrons. The molecule has 0 aliphatic carbocycles. The van der Waals surface area contributed by atoms with Crippen molar-refractivity contribution in [1.82, 2.24) is 4.90 Å². The summed E-state index contributed by atoms with van der Waals surface area (Å²) >= 11 is 6.00. The van der Waals surface area contributed by atoms with Crippen LogP contribution in [0.3, 0.4) is 0 Å². The van der Waals surface area contributed by atoms with Gasteiger partial charge in [0.2, 0.25) is 0 Å². The number of piperidine rings is 1. The highest BCUT2D eigenvalue weighted by Crippen LogP contribution is 2.20. The maximum atomic E-state index is 13.0. The number of hydrogen-bond donors (Lipinski definition) is 1. The van der Waals surface area contributed by atoms with Gasteiger partial charge in [-0.1, -0.05) is 11.6 Å². The number of nitrogens with zero attached hydrogens (tertiary/aromatic N) is 1. The first-order valence-corrected chi connectivity index (χ1v) is 5.87. The molecule has 0 unspecified atom stereocenters. The van der Waals surface area contributed by atoms with E-state index in [0.717, 1.165) is 31.5 Å². The van der Waals surface area contributed by atoms with Crippen LogP contribution in [0.25, 0.3) is 0 Å². The summed E-state index contributed by atoms with van der Waals surface area (Å²) in [4.78, 5) is 2.19. The van der Waals surface area contributed by atoms with E-state index in [2.05, 4.69) is 4.90 Å². The summed E-state index contributed by atoms with van der Waals surface area (Å²) in [6.45, 7) is 2.34. The van der Waals surface area contributed by atoms with E-state index >= 15 is 0 Å². The lowest BCUT2D eigenvalue weighted by Gasteiger charge is -2.29. The Bertz CT molecular complexity index is 364.